The number of halogens is 3. The van der Waals surface area contributed by atoms with Crippen molar-refractivity contribution in [2.75, 3.05) is 6.54 Å². The van der Waals surface area contributed by atoms with Crippen molar-refractivity contribution in [3.8, 4) is 0 Å². The van der Waals surface area contributed by atoms with Gasteiger partial charge in [-0.3, -0.25) is 9.59 Å². The number of hydrogen-bond donors (Lipinski definition) is 2. The third kappa shape index (κ3) is 3.83. The van der Waals surface area contributed by atoms with Crippen LogP contribution < -0.4 is 5.32 Å². The topological polar surface area (TPSA) is 66.4 Å². The second kappa shape index (κ2) is 5.86. The fourth-order valence-corrected chi connectivity index (χ4v) is 2.42. The number of benzene rings is 1. The van der Waals surface area contributed by atoms with Gasteiger partial charge in [-0.1, -0.05) is 18.2 Å². The van der Waals surface area contributed by atoms with E-state index in [-0.39, 0.29) is 12.1 Å². The Morgan fingerprint density at radius 2 is 1.87 bits per heavy atom. The van der Waals surface area contributed by atoms with Gasteiger partial charge in [-0.25, -0.2) is 0 Å². The number of carboxylic acid groups (broad SMARTS) is 1. The van der Waals surface area contributed by atoms with Crippen molar-refractivity contribution in [1.82, 2.24) is 5.32 Å². The minimum absolute atomic E-state index is 0.0642. The molecule has 0 bridgehead atoms. The van der Waals surface area contributed by atoms with Crippen LogP contribution in [-0.2, 0) is 15.8 Å². The second-order valence-corrected chi connectivity index (χ2v) is 6.44. The van der Waals surface area contributed by atoms with Crippen LogP contribution in [0.4, 0.5) is 13.2 Å². The van der Waals surface area contributed by atoms with E-state index < -0.39 is 40.9 Å². The molecule has 7 heteroatoms. The minimum Gasteiger partial charge on any atom is -0.481 e. The molecule has 126 valence electrons. The van der Waals surface area contributed by atoms with Crippen LogP contribution >= 0.6 is 0 Å². The first-order valence-electron chi connectivity index (χ1n) is 7.21. The van der Waals surface area contributed by atoms with Crippen LogP contribution in [0.1, 0.15) is 37.3 Å². The predicted octanol–water partition coefficient (Wildman–Crippen LogP) is 3.04. The molecule has 23 heavy (non-hydrogen) atoms. The summed E-state index contributed by atoms with van der Waals surface area (Å²) in [6.07, 6.45) is -4.11. The normalized spacial score (nSPS) is 20.9. The van der Waals surface area contributed by atoms with E-state index in [4.69, 9.17) is 5.11 Å². The van der Waals surface area contributed by atoms with E-state index in [1.807, 2.05) is 0 Å². The minimum atomic E-state index is -4.45. The smallest absolute Gasteiger partial charge is 0.416 e. The number of amides is 1. The van der Waals surface area contributed by atoms with Gasteiger partial charge in [0.15, 0.2) is 0 Å². The molecule has 1 saturated carbocycles. The third-order valence-electron chi connectivity index (χ3n) is 4.08. The van der Waals surface area contributed by atoms with E-state index >= 15 is 0 Å². The highest BCUT2D eigenvalue weighted by Crippen LogP contribution is 2.51. The SMILES string of the molecule is CC(C)(CNC(=O)C1CC1c1ccccc1C(F)(F)F)C(=O)O. The van der Waals surface area contributed by atoms with Crippen LogP contribution in [0.2, 0.25) is 0 Å². The number of alkyl halides is 3. The number of carboxylic acids is 1. The van der Waals surface area contributed by atoms with Crippen LogP contribution in [0, 0.1) is 11.3 Å². The Morgan fingerprint density at radius 3 is 2.43 bits per heavy atom. The van der Waals surface area contributed by atoms with E-state index in [0.717, 1.165) is 6.07 Å². The zero-order chi connectivity index (χ0) is 17.4. The Balaban J connectivity index is 2.03. The van der Waals surface area contributed by atoms with Crippen LogP contribution in [0.5, 0.6) is 0 Å². The van der Waals surface area contributed by atoms with Crippen molar-refractivity contribution >= 4 is 11.9 Å². The Kier molecular flexibility index (Phi) is 4.41. The van der Waals surface area contributed by atoms with Gasteiger partial charge in [-0.05, 0) is 37.8 Å². The maximum atomic E-state index is 13.0. The number of carbonyl (C=O) groups excluding carboxylic acids is 1. The molecule has 1 fully saturated rings. The van der Waals surface area contributed by atoms with Gasteiger partial charge in [0, 0.05) is 12.5 Å². The van der Waals surface area contributed by atoms with Gasteiger partial charge >= 0.3 is 12.1 Å². The number of aliphatic carboxylic acids is 1. The lowest BCUT2D eigenvalue weighted by atomic mass is 9.94. The zero-order valence-corrected chi connectivity index (χ0v) is 12.8. The summed E-state index contributed by atoms with van der Waals surface area (Å²) in [4.78, 5) is 23.0. The first-order chi connectivity index (χ1) is 10.5. The average molecular weight is 329 g/mol. The van der Waals surface area contributed by atoms with Crippen LogP contribution in [0.15, 0.2) is 24.3 Å². The molecule has 0 aliphatic heterocycles. The lowest BCUT2D eigenvalue weighted by Gasteiger charge is -2.19. The second-order valence-electron chi connectivity index (χ2n) is 6.44. The van der Waals surface area contributed by atoms with Crippen LogP contribution in [0.25, 0.3) is 0 Å². The maximum Gasteiger partial charge on any atom is 0.416 e. The molecule has 0 radical (unpaired) electrons. The fraction of sp³-hybridized carbons (Fsp3) is 0.500. The molecule has 2 rings (SSSR count). The summed E-state index contributed by atoms with van der Waals surface area (Å²) in [7, 11) is 0. The van der Waals surface area contributed by atoms with Gasteiger partial charge in [0.25, 0.3) is 0 Å². The summed E-state index contributed by atoms with van der Waals surface area (Å²) in [5, 5.41) is 11.5. The molecule has 1 aliphatic carbocycles. The maximum absolute atomic E-state index is 13.0. The van der Waals surface area contributed by atoms with Gasteiger partial charge in [0.2, 0.25) is 5.91 Å². The van der Waals surface area contributed by atoms with Crippen molar-refractivity contribution in [3.63, 3.8) is 0 Å². The standard InChI is InChI=1S/C16H18F3NO3/c1-15(2,14(22)23)8-20-13(21)11-7-10(11)9-5-3-4-6-12(9)16(17,18)19/h3-6,10-11H,7-8H2,1-2H3,(H,20,21)(H,22,23). The highest BCUT2D eigenvalue weighted by Gasteiger charge is 2.48. The monoisotopic (exact) mass is 329 g/mol. The molecule has 0 aromatic heterocycles. The molecule has 2 unspecified atom stereocenters. The van der Waals surface area contributed by atoms with E-state index in [1.54, 1.807) is 0 Å². The Bertz CT molecular complexity index is 625. The largest absolute Gasteiger partial charge is 0.481 e. The van der Waals surface area contributed by atoms with Crippen molar-refractivity contribution in [3.05, 3.63) is 35.4 Å². The number of hydrogen-bond acceptors (Lipinski definition) is 2. The molecular formula is C16H18F3NO3. The Labute approximate surface area is 131 Å². The van der Waals surface area contributed by atoms with Gasteiger partial charge < -0.3 is 10.4 Å². The summed E-state index contributed by atoms with van der Waals surface area (Å²) >= 11 is 0. The average Bonchev–Trinajstić information content (AvgIpc) is 3.24. The van der Waals surface area contributed by atoms with E-state index in [1.165, 1.54) is 32.0 Å². The molecule has 0 heterocycles. The molecule has 2 atom stereocenters. The summed E-state index contributed by atoms with van der Waals surface area (Å²) in [5.74, 6) is -2.46. The molecular weight excluding hydrogens is 311 g/mol. The van der Waals surface area contributed by atoms with Crippen molar-refractivity contribution in [2.24, 2.45) is 11.3 Å². The Morgan fingerprint density at radius 1 is 1.26 bits per heavy atom. The van der Waals surface area contributed by atoms with E-state index in [2.05, 4.69) is 5.32 Å². The molecule has 0 saturated heterocycles. The summed E-state index contributed by atoms with van der Waals surface area (Å²) < 4.78 is 39.0. The van der Waals surface area contributed by atoms with E-state index in [0.29, 0.717) is 6.42 Å². The first-order valence-corrected chi connectivity index (χ1v) is 7.21. The van der Waals surface area contributed by atoms with E-state index in [9.17, 15) is 22.8 Å². The lowest BCUT2D eigenvalue weighted by molar-refractivity contribution is -0.147. The van der Waals surface area contributed by atoms with Crippen LogP contribution in [-0.4, -0.2) is 23.5 Å². The zero-order valence-electron chi connectivity index (χ0n) is 12.8. The van der Waals surface area contributed by atoms with Gasteiger partial charge in [0.05, 0.1) is 11.0 Å². The molecule has 1 aromatic carbocycles. The van der Waals surface area contributed by atoms with Gasteiger partial charge in [-0.2, -0.15) is 13.2 Å². The predicted molar refractivity (Wildman–Crippen MR) is 76.7 cm³/mol. The molecule has 1 aromatic rings. The molecule has 1 amide bonds. The number of nitrogens with one attached hydrogen (secondary N) is 1. The Hall–Kier alpha value is -2.05. The number of carbonyl (C=O) groups is 2. The summed E-state index contributed by atoms with van der Waals surface area (Å²) in [6.45, 7) is 2.88. The third-order valence-corrected chi connectivity index (χ3v) is 4.08. The van der Waals surface area contributed by atoms with Crippen molar-refractivity contribution in [1.29, 1.82) is 0 Å². The van der Waals surface area contributed by atoms with Gasteiger partial charge in [0.1, 0.15) is 0 Å². The summed E-state index contributed by atoms with van der Waals surface area (Å²) in [6, 6.07) is 5.24. The summed E-state index contributed by atoms with van der Waals surface area (Å²) in [5.41, 5.74) is -1.71. The lowest BCUT2D eigenvalue weighted by Crippen LogP contribution is -2.39. The quantitative estimate of drug-likeness (QED) is 0.872. The van der Waals surface area contributed by atoms with Gasteiger partial charge in [-0.15, -0.1) is 0 Å². The highest BCUT2D eigenvalue weighted by atomic mass is 19.4. The molecule has 2 N–H and O–H groups in total. The van der Waals surface area contributed by atoms with Crippen molar-refractivity contribution in [2.45, 2.75) is 32.4 Å². The molecule has 4 nitrogen and oxygen atoms in total. The molecule has 0 spiro atoms. The van der Waals surface area contributed by atoms with Crippen LogP contribution in [0.3, 0.4) is 0 Å². The highest BCUT2D eigenvalue weighted by molar-refractivity contribution is 5.84. The first kappa shape index (κ1) is 17.3. The van der Waals surface area contributed by atoms with Crippen molar-refractivity contribution < 1.29 is 27.9 Å². The molecule has 1 aliphatic rings. The number of rotatable bonds is 5. The fourth-order valence-electron chi connectivity index (χ4n) is 2.42.